The molecule has 0 aliphatic heterocycles. The number of nitrogens with two attached hydrogens (primary N) is 1. The van der Waals surface area contributed by atoms with E-state index in [9.17, 15) is 8.42 Å². The van der Waals surface area contributed by atoms with E-state index in [1.54, 1.807) is 0 Å². The monoisotopic (exact) mass is 305 g/mol. The summed E-state index contributed by atoms with van der Waals surface area (Å²) in [5, 5.41) is 0. The zero-order valence-electron chi connectivity index (χ0n) is 9.40. The summed E-state index contributed by atoms with van der Waals surface area (Å²) in [5.41, 5.74) is 6.45. The topological polar surface area (TPSA) is 60.2 Å². The first kappa shape index (κ1) is 13.7. The fourth-order valence-corrected chi connectivity index (χ4v) is 2.99. The zero-order valence-corrected chi connectivity index (χ0v) is 11.8. The third-order valence-corrected chi connectivity index (χ3v) is 4.12. The van der Waals surface area contributed by atoms with Crippen LogP contribution in [0.1, 0.15) is 18.9 Å². The maximum Gasteiger partial charge on any atom is 0.147 e. The molecule has 0 saturated heterocycles. The number of hydrogen-bond acceptors (Lipinski definition) is 3. The Labute approximate surface area is 105 Å². The summed E-state index contributed by atoms with van der Waals surface area (Å²) >= 11 is 3.42. The molecule has 0 amide bonds. The predicted octanol–water partition coefficient (Wildman–Crippen LogP) is 2.06. The Morgan fingerprint density at radius 2 is 1.94 bits per heavy atom. The third kappa shape index (κ3) is 3.88. The molecular formula is C11H16BrNO2S. The van der Waals surface area contributed by atoms with Gasteiger partial charge in [-0.3, -0.25) is 0 Å². The minimum Gasteiger partial charge on any atom is -0.322 e. The molecule has 1 aromatic rings. The summed E-state index contributed by atoms with van der Waals surface area (Å²) in [7, 11) is -2.97. The van der Waals surface area contributed by atoms with Crippen molar-refractivity contribution in [3.8, 4) is 0 Å². The van der Waals surface area contributed by atoms with Gasteiger partial charge >= 0.3 is 0 Å². The Morgan fingerprint density at radius 1 is 1.38 bits per heavy atom. The van der Waals surface area contributed by atoms with Crippen LogP contribution in [0.2, 0.25) is 0 Å². The van der Waals surface area contributed by atoms with Gasteiger partial charge in [0.2, 0.25) is 0 Å². The van der Waals surface area contributed by atoms with Crippen LogP contribution in [0.5, 0.6) is 0 Å². The molecule has 0 bridgehead atoms. The van der Waals surface area contributed by atoms with Gasteiger partial charge in [-0.25, -0.2) is 8.42 Å². The van der Waals surface area contributed by atoms with Gasteiger partial charge in [0.05, 0.1) is 5.75 Å². The molecule has 0 spiro atoms. The van der Waals surface area contributed by atoms with E-state index >= 15 is 0 Å². The molecule has 5 heteroatoms. The van der Waals surface area contributed by atoms with Crippen LogP contribution in [0.3, 0.4) is 0 Å². The highest BCUT2D eigenvalue weighted by Gasteiger charge is 2.24. The van der Waals surface area contributed by atoms with E-state index in [1.807, 2.05) is 31.2 Å². The molecule has 1 rings (SSSR count). The fourth-order valence-electron chi connectivity index (χ4n) is 1.46. The van der Waals surface area contributed by atoms with Crippen molar-refractivity contribution in [1.82, 2.24) is 0 Å². The van der Waals surface area contributed by atoms with Gasteiger partial charge in [0.15, 0.2) is 0 Å². The van der Waals surface area contributed by atoms with Crippen molar-refractivity contribution in [1.29, 1.82) is 0 Å². The molecular weight excluding hydrogens is 290 g/mol. The van der Waals surface area contributed by atoms with E-state index in [2.05, 4.69) is 15.9 Å². The average Bonchev–Trinajstić information content (AvgIpc) is 2.14. The zero-order chi connectivity index (χ0) is 12.4. The van der Waals surface area contributed by atoms with Crippen LogP contribution in [0.15, 0.2) is 28.7 Å². The van der Waals surface area contributed by atoms with Crippen molar-refractivity contribution in [3.63, 3.8) is 0 Å². The molecule has 0 radical (unpaired) electrons. The van der Waals surface area contributed by atoms with Crippen molar-refractivity contribution >= 4 is 25.8 Å². The van der Waals surface area contributed by atoms with Gasteiger partial charge in [0.25, 0.3) is 0 Å². The minimum atomic E-state index is -2.97. The van der Waals surface area contributed by atoms with Crippen LogP contribution in [0.25, 0.3) is 0 Å². The smallest absolute Gasteiger partial charge is 0.147 e. The lowest BCUT2D eigenvalue weighted by molar-refractivity contribution is 0.471. The number of halogens is 1. The molecule has 16 heavy (non-hydrogen) atoms. The van der Waals surface area contributed by atoms with Crippen LogP contribution in [0, 0.1) is 0 Å². The van der Waals surface area contributed by atoms with Gasteiger partial charge in [-0.2, -0.15) is 0 Å². The standard InChI is InChI=1S/C11H16BrNO2S/c1-11(13,7-8-16(2,14)15)9-5-3-4-6-10(9)12/h3-6H,7-8,13H2,1-2H3. The molecule has 3 nitrogen and oxygen atoms in total. The highest BCUT2D eigenvalue weighted by molar-refractivity contribution is 9.10. The van der Waals surface area contributed by atoms with Gasteiger partial charge in [-0.1, -0.05) is 34.1 Å². The lowest BCUT2D eigenvalue weighted by atomic mass is 9.91. The van der Waals surface area contributed by atoms with Crippen molar-refractivity contribution in [3.05, 3.63) is 34.3 Å². The van der Waals surface area contributed by atoms with E-state index in [4.69, 9.17) is 5.73 Å². The lowest BCUT2D eigenvalue weighted by Crippen LogP contribution is -2.35. The largest absolute Gasteiger partial charge is 0.322 e. The first-order valence-electron chi connectivity index (χ1n) is 4.94. The van der Waals surface area contributed by atoms with Crippen molar-refractivity contribution in [2.75, 3.05) is 12.0 Å². The summed E-state index contributed by atoms with van der Waals surface area (Å²) < 4.78 is 23.2. The number of hydrogen-bond donors (Lipinski definition) is 1. The SMILES string of the molecule is CC(N)(CCS(C)(=O)=O)c1ccccc1Br. The van der Waals surface area contributed by atoms with E-state index in [0.29, 0.717) is 6.42 Å². The van der Waals surface area contributed by atoms with E-state index in [0.717, 1.165) is 10.0 Å². The predicted molar refractivity (Wildman–Crippen MR) is 70.0 cm³/mol. The first-order valence-corrected chi connectivity index (χ1v) is 7.79. The minimum absolute atomic E-state index is 0.0985. The quantitative estimate of drug-likeness (QED) is 0.926. The van der Waals surface area contributed by atoms with Gasteiger partial charge in [-0.15, -0.1) is 0 Å². The molecule has 0 aromatic heterocycles. The Hall–Kier alpha value is -0.390. The van der Waals surface area contributed by atoms with Crippen LogP contribution < -0.4 is 5.73 Å². The van der Waals surface area contributed by atoms with Crippen LogP contribution in [-0.4, -0.2) is 20.4 Å². The van der Waals surface area contributed by atoms with Crippen molar-refractivity contribution in [2.45, 2.75) is 18.9 Å². The second-order valence-electron chi connectivity index (χ2n) is 4.28. The van der Waals surface area contributed by atoms with Crippen LogP contribution in [0.4, 0.5) is 0 Å². The molecule has 1 atom stereocenters. The molecule has 0 fully saturated rings. The molecule has 0 aliphatic carbocycles. The Kier molecular flexibility index (Phi) is 4.15. The van der Waals surface area contributed by atoms with E-state index in [1.165, 1.54) is 6.26 Å². The molecule has 0 saturated carbocycles. The summed E-state index contributed by atoms with van der Waals surface area (Å²) in [4.78, 5) is 0. The van der Waals surface area contributed by atoms with Crippen molar-refractivity contribution < 1.29 is 8.42 Å². The Balaban J connectivity index is 2.90. The molecule has 90 valence electrons. The lowest BCUT2D eigenvalue weighted by Gasteiger charge is -2.26. The second kappa shape index (κ2) is 4.85. The summed E-state index contributed by atoms with van der Waals surface area (Å²) in [6.45, 7) is 1.85. The summed E-state index contributed by atoms with van der Waals surface area (Å²) in [6.07, 6.45) is 1.64. The molecule has 1 unspecified atom stereocenters. The van der Waals surface area contributed by atoms with Gasteiger partial charge in [0, 0.05) is 16.3 Å². The summed E-state index contributed by atoms with van der Waals surface area (Å²) in [6, 6.07) is 7.61. The number of benzene rings is 1. The molecule has 0 heterocycles. The number of sulfone groups is 1. The van der Waals surface area contributed by atoms with Crippen LogP contribution in [-0.2, 0) is 15.4 Å². The fraction of sp³-hybridized carbons (Fsp3) is 0.455. The number of rotatable bonds is 4. The maximum atomic E-state index is 11.1. The Bertz CT molecular complexity index is 469. The normalized spacial score (nSPS) is 15.8. The van der Waals surface area contributed by atoms with Gasteiger partial charge < -0.3 is 5.73 Å². The van der Waals surface area contributed by atoms with Gasteiger partial charge in [0.1, 0.15) is 9.84 Å². The third-order valence-electron chi connectivity index (χ3n) is 2.48. The molecule has 0 aliphatic rings. The molecule has 1 aromatic carbocycles. The van der Waals surface area contributed by atoms with Crippen molar-refractivity contribution in [2.24, 2.45) is 5.73 Å². The average molecular weight is 306 g/mol. The summed E-state index contributed by atoms with van der Waals surface area (Å²) in [5.74, 6) is 0.0985. The van der Waals surface area contributed by atoms with E-state index < -0.39 is 15.4 Å². The van der Waals surface area contributed by atoms with Gasteiger partial charge in [-0.05, 0) is 25.0 Å². The van der Waals surface area contributed by atoms with E-state index in [-0.39, 0.29) is 5.75 Å². The highest BCUT2D eigenvalue weighted by atomic mass is 79.9. The Morgan fingerprint density at radius 3 is 2.44 bits per heavy atom. The highest BCUT2D eigenvalue weighted by Crippen LogP contribution is 2.28. The maximum absolute atomic E-state index is 11.1. The molecule has 2 N–H and O–H groups in total. The first-order chi connectivity index (χ1) is 7.22. The second-order valence-corrected chi connectivity index (χ2v) is 7.39. The van der Waals surface area contributed by atoms with Crippen LogP contribution >= 0.6 is 15.9 Å².